The fourth-order valence-corrected chi connectivity index (χ4v) is 3.74. The van der Waals surface area contributed by atoms with Gasteiger partial charge in [-0.1, -0.05) is 57.0 Å². The highest BCUT2D eigenvalue weighted by atomic mass is 32.2. The molecule has 0 heterocycles. The third-order valence-corrected chi connectivity index (χ3v) is 5.51. The highest BCUT2D eigenvalue weighted by Gasteiger charge is 2.16. The molecule has 0 saturated heterocycles. The van der Waals surface area contributed by atoms with Crippen molar-refractivity contribution >= 4 is 10.0 Å². The Bertz CT molecular complexity index is 850. The van der Waals surface area contributed by atoms with Gasteiger partial charge >= 0.3 is 0 Å². The standard InChI is InChI=1S/C20H24N2O2S/c1-3-5-13-22-25(23,24)19-11-12-20(18(14-19)15-21)17-9-7-16(6-4-2)8-10-17/h7-12,14,22H,3-6,13H2,1-2H3. The van der Waals surface area contributed by atoms with Crippen LogP contribution >= 0.6 is 0 Å². The van der Waals surface area contributed by atoms with Gasteiger partial charge in [0.2, 0.25) is 10.0 Å². The van der Waals surface area contributed by atoms with Crippen LogP contribution in [-0.2, 0) is 16.4 Å². The predicted molar refractivity (Wildman–Crippen MR) is 101 cm³/mol. The molecule has 0 spiro atoms. The number of nitrogens with zero attached hydrogens (tertiary/aromatic N) is 1. The van der Waals surface area contributed by atoms with Crippen LogP contribution in [0.4, 0.5) is 0 Å². The number of hydrogen-bond acceptors (Lipinski definition) is 3. The van der Waals surface area contributed by atoms with Gasteiger partial charge in [-0.3, -0.25) is 0 Å². The third-order valence-electron chi connectivity index (χ3n) is 4.05. The Hall–Kier alpha value is -2.16. The molecule has 0 saturated carbocycles. The van der Waals surface area contributed by atoms with Crippen LogP contribution in [0.15, 0.2) is 47.4 Å². The summed E-state index contributed by atoms with van der Waals surface area (Å²) in [7, 11) is -3.58. The Morgan fingerprint density at radius 1 is 1.04 bits per heavy atom. The highest BCUT2D eigenvalue weighted by Crippen LogP contribution is 2.26. The van der Waals surface area contributed by atoms with E-state index in [4.69, 9.17) is 0 Å². The third kappa shape index (κ3) is 4.91. The first kappa shape index (κ1) is 19.2. The van der Waals surface area contributed by atoms with Crippen LogP contribution < -0.4 is 4.72 Å². The SMILES string of the molecule is CCCCNS(=O)(=O)c1ccc(-c2ccc(CCC)cc2)c(C#N)c1. The molecule has 0 radical (unpaired) electrons. The van der Waals surface area contributed by atoms with Gasteiger partial charge in [-0.15, -0.1) is 0 Å². The summed E-state index contributed by atoms with van der Waals surface area (Å²) < 4.78 is 27.2. The van der Waals surface area contributed by atoms with Gasteiger partial charge in [-0.05, 0) is 41.7 Å². The quantitative estimate of drug-likeness (QED) is 0.719. The van der Waals surface area contributed by atoms with Gasteiger partial charge in [0, 0.05) is 6.54 Å². The fourth-order valence-electron chi connectivity index (χ4n) is 2.64. The first-order valence-corrected chi connectivity index (χ1v) is 10.1. The number of sulfonamides is 1. The molecular formula is C20H24N2O2S. The monoisotopic (exact) mass is 356 g/mol. The summed E-state index contributed by atoms with van der Waals surface area (Å²) in [5.74, 6) is 0. The molecule has 0 aromatic heterocycles. The molecule has 0 aliphatic carbocycles. The lowest BCUT2D eigenvalue weighted by atomic mass is 9.98. The Kier molecular flexibility index (Phi) is 6.74. The van der Waals surface area contributed by atoms with Gasteiger partial charge in [0.15, 0.2) is 0 Å². The molecule has 0 fully saturated rings. The summed E-state index contributed by atoms with van der Waals surface area (Å²) in [5, 5.41) is 9.46. The molecule has 0 aliphatic heterocycles. The van der Waals surface area contributed by atoms with Crippen molar-refractivity contribution in [2.24, 2.45) is 0 Å². The van der Waals surface area contributed by atoms with E-state index < -0.39 is 10.0 Å². The first-order chi connectivity index (χ1) is 12.0. The molecule has 0 aliphatic rings. The molecule has 2 rings (SSSR count). The summed E-state index contributed by atoms with van der Waals surface area (Å²) in [6.07, 6.45) is 3.80. The highest BCUT2D eigenvalue weighted by molar-refractivity contribution is 7.89. The molecule has 0 amide bonds. The number of rotatable bonds is 8. The second-order valence-electron chi connectivity index (χ2n) is 6.02. The second-order valence-corrected chi connectivity index (χ2v) is 7.78. The van der Waals surface area contributed by atoms with Crippen molar-refractivity contribution in [2.45, 2.75) is 44.4 Å². The number of hydrogen-bond donors (Lipinski definition) is 1. The van der Waals surface area contributed by atoms with Gasteiger partial charge in [-0.2, -0.15) is 5.26 Å². The van der Waals surface area contributed by atoms with Crippen molar-refractivity contribution in [2.75, 3.05) is 6.54 Å². The summed E-state index contributed by atoms with van der Waals surface area (Å²) in [6, 6.07) is 14.9. The molecule has 132 valence electrons. The van der Waals surface area contributed by atoms with Crippen LogP contribution in [0.1, 0.15) is 44.2 Å². The lowest BCUT2D eigenvalue weighted by Gasteiger charge is -2.10. The first-order valence-electron chi connectivity index (χ1n) is 8.65. The molecular weight excluding hydrogens is 332 g/mol. The van der Waals surface area contributed by atoms with Crippen LogP contribution in [-0.4, -0.2) is 15.0 Å². The fraction of sp³-hybridized carbons (Fsp3) is 0.350. The number of nitrogens with one attached hydrogen (secondary N) is 1. The van der Waals surface area contributed by atoms with Crippen molar-refractivity contribution in [1.82, 2.24) is 4.72 Å². The molecule has 5 heteroatoms. The zero-order chi connectivity index (χ0) is 18.3. The van der Waals surface area contributed by atoms with Gasteiger partial charge in [0.25, 0.3) is 0 Å². The van der Waals surface area contributed by atoms with Gasteiger partial charge in [0.1, 0.15) is 0 Å². The maximum atomic E-state index is 12.3. The van der Waals surface area contributed by atoms with Crippen molar-refractivity contribution < 1.29 is 8.42 Å². The molecule has 4 nitrogen and oxygen atoms in total. The maximum Gasteiger partial charge on any atom is 0.240 e. The minimum Gasteiger partial charge on any atom is -0.211 e. The van der Waals surface area contributed by atoms with Crippen LogP contribution in [0.3, 0.4) is 0 Å². The average molecular weight is 356 g/mol. The lowest BCUT2D eigenvalue weighted by molar-refractivity contribution is 0.578. The number of nitriles is 1. The number of aryl methyl sites for hydroxylation is 1. The van der Waals surface area contributed by atoms with Crippen LogP contribution in [0.25, 0.3) is 11.1 Å². The van der Waals surface area contributed by atoms with Crippen molar-refractivity contribution in [3.8, 4) is 17.2 Å². The molecule has 25 heavy (non-hydrogen) atoms. The van der Waals surface area contributed by atoms with E-state index in [1.165, 1.54) is 11.6 Å². The van der Waals surface area contributed by atoms with E-state index >= 15 is 0 Å². The van der Waals surface area contributed by atoms with Gasteiger partial charge in [0.05, 0.1) is 16.5 Å². The van der Waals surface area contributed by atoms with E-state index in [1.54, 1.807) is 12.1 Å². The number of unbranched alkanes of at least 4 members (excludes halogenated alkanes) is 1. The number of benzene rings is 2. The Morgan fingerprint density at radius 2 is 1.76 bits per heavy atom. The molecule has 2 aromatic carbocycles. The van der Waals surface area contributed by atoms with E-state index in [9.17, 15) is 13.7 Å². The van der Waals surface area contributed by atoms with Crippen LogP contribution in [0.5, 0.6) is 0 Å². The van der Waals surface area contributed by atoms with E-state index in [1.807, 2.05) is 19.1 Å². The molecule has 0 bridgehead atoms. The summed E-state index contributed by atoms with van der Waals surface area (Å²) in [4.78, 5) is 0.131. The topological polar surface area (TPSA) is 70.0 Å². The molecule has 2 aromatic rings. The van der Waals surface area contributed by atoms with Crippen molar-refractivity contribution in [3.05, 3.63) is 53.6 Å². The van der Waals surface area contributed by atoms with E-state index in [2.05, 4.69) is 29.8 Å². The Labute approximate surface area is 150 Å². The molecule has 0 unspecified atom stereocenters. The maximum absolute atomic E-state index is 12.3. The van der Waals surface area contributed by atoms with E-state index in [-0.39, 0.29) is 4.90 Å². The van der Waals surface area contributed by atoms with E-state index in [0.29, 0.717) is 12.1 Å². The lowest BCUT2D eigenvalue weighted by Crippen LogP contribution is -2.24. The summed E-state index contributed by atoms with van der Waals surface area (Å²) in [6.45, 7) is 4.54. The van der Waals surface area contributed by atoms with Crippen LogP contribution in [0.2, 0.25) is 0 Å². The minimum atomic E-state index is -3.58. The van der Waals surface area contributed by atoms with Gasteiger partial charge < -0.3 is 0 Å². The predicted octanol–water partition coefficient (Wildman–Crippen LogP) is 4.26. The van der Waals surface area contributed by atoms with Crippen molar-refractivity contribution in [1.29, 1.82) is 5.26 Å². The summed E-state index contributed by atoms with van der Waals surface area (Å²) >= 11 is 0. The van der Waals surface area contributed by atoms with Crippen LogP contribution in [0, 0.1) is 11.3 Å². The molecule has 0 atom stereocenters. The minimum absolute atomic E-state index is 0.131. The van der Waals surface area contributed by atoms with E-state index in [0.717, 1.165) is 36.8 Å². The van der Waals surface area contributed by atoms with Gasteiger partial charge in [-0.25, -0.2) is 13.1 Å². The average Bonchev–Trinajstić information content (AvgIpc) is 2.62. The second kappa shape index (κ2) is 8.80. The normalized spacial score (nSPS) is 11.2. The molecule has 1 N–H and O–H groups in total. The Morgan fingerprint density at radius 3 is 2.36 bits per heavy atom. The van der Waals surface area contributed by atoms with Crippen molar-refractivity contribution in [3.63, 3.8) is 0 Å². The smallest absolute Gasteiger partial charge is 0.211 e. The largest absolute Gasteiger partial charge is 0.240 e. The Balaban J connectivity index is 2.32. The zero-order valence-electron chi connectivity index (χ0n) is 14.7. The zero-order valence-corrected chi connectivity index (χ0v) is 15.6. The summed E-state index contributed by atoms with van der Waals surface area (Å²) in [5.41, 5.74) is 3.28.